The number of halogens is 4. The van der Waals surface area contributed by atoms with Gasteiger partial charge in [0.1, 0.15) is 11.6 Å². The summed E-state index contributed by atoms with van der Waals surface area (Å²) < 4.78 is 67.7. The summed E-state index contributed by atoms with van der Waals surface area (Å²) >= 11 is 0. The van der Waals surface area contributed by atoms with E-state index in [-0.39, 0.29) is 23.8 Å². The van der Waals surface area contributed by atoms with Gasteiger partial charge in [0.05, 0.1) is 24.9 Å². The third-order valence-corrected chi connectivity index (χ3v) is 5.35. The maximum absolute atomic E-state index is 15.1. The van der Waals surface area contributed by atoms with Gasteiger partial charge in [0.15, 0.2) is 0 Å². The van der Waals surface area contributed by atoms with E-state index in [0.29, 0.717) is 30.8 Å². The topological polar surface area (TPSA) is 18.5 Å². The highest BCUT2D eigenvalue weighted by Crippen LogP contribution is 2.43. The molecule has 2 atom stereocenters. The fourth-order valence-electron chi connectivity index (χ4n) is 3.94. The lowest BCUT2D eigenvalue weighted by atomic mass is 9.85. The van der Waals surface area contributed by atoms with E-state index in [9.17, 15) is 13.2 Å². The molecule has 2 aromatic carbocycles. The lowest BCUT2D eigenvalue weighted by Crippen LogP contribution is -2.26. The van der Waals surface area contributed by atoms with Gasteiger partial charge in [-0.15, -0.1) is 0 Å². The van der Waals surface area contributed by atoms with Crippen molar-refractivity contribution in [3.05, 3.63) is 53.3 Å². The molecule has 2 aromatic rings. The van der Waals surface area contributed by atoms with Crippen molar-refractivity contribution in [3.8, 4) is 16.9 Å². The molecule has 1 aliphatic rings. The van der Waals surface area contributed by atoms with Crippen LogP contribution in [-0.4, -0.2) is 19.3 Å². The fourth-order valence-corrected chi connectivity index (χ4v) is 3.94. The van der Waals surface area contributed by atoms with Crippen LogP contribution in [0.25, 0.3) is 11.1 Å². The van der Waals surface area contributed by atoms with Gasteiger partial charge >= 0.3 is 6.18 Å². The third-order valence-electron chi connectivity index (χ3n) is 5.35. The van der Waals surface area contributed by atoms with Gasteiger partial charge in [0.25, 0.3) is 0 Å². The van der Waals surface area contributed by atoms with Crippen molar-refractivity contribution < 1.29 is 27.0 Å². The van der Waals surface area contributed by atoms with Crippen molar-refractivity contribution in [2.45, 2.75) is 57.7 Å². The average Bonchev–Trinajstić information content (AvgIpc) is 2.69. The van der Waals surface area contributed by atoms with Crippen molar-refractivity contribution >= 4 is 0 Å². The molecule has 0 N–H and O–H groups in total. The summed E-state index contributed by atoms with van der Waals surface area (Å²) in [6.07, 6.45) is -1.58. The predicted octanol–water partition coefficient (Wildman–Crippen LogP) is 6.97. The molecule has 3 rings (SSSR count). The molecule has 1 heterocycles. The van der Waals surface area contributed by atoms with Crippen LogP contribution in [0, 0.1) is 5.82 Å². The Bertz CT molecular complexity index is 807. The Hall–Kier alpha value is -2.08. The highest BCUT2D eigenvalue weighted by atomic mass is 19.4. The Labute approximate surface area is 168 Å². The molecule has 29 heavy (non-hydrogen) atoms. The summed E-state index contributed by atoms with van der Waals surface area (Å²) in [4.78, 5) is 0. The van der Waals surface area contributed by atoms with Crippen LogP contribution in [-0.2, 0) is 10.9 Å². The van der Waals surface area contributed by atoms with Gasteiger partial charge in [-0.05, 0) is 49.4 Å². The molecule has 2 unspecified atom stereocenters. The Balaban J connectivity index is 1.94. The van der Waals surface area contributed by atoms with Gasteiger partial charge < -0.3 is 9.47 Å². The second-order valence-electron chi connectivity index (χ2n) is 7.36. The third kappa shape index (κ3) is 4.92. The van der Waals surface area contributed by atoms with Crippen LogP contribution in [0.4, 0.5) is 17.6 Å². The smallest absolute Gasteiger partial charge is 0.419 e. The van der Waals surface area contributed by atoms with Gasteiger partial charge in [-0.25, -0.2) is 4.39 Å². The van der Waals surface area contributed by atoms with E-state index in [2.05, 4.69) is 0 Å². The van der Waals surface area contributed by atoms with Gasteiger partial charge in [0.2, 0.25) is 0 Å². The monoisotopic (exact) mass is 410 g/mol. The van der Waals surface area contributed by atoms with E-state index >= 15 is 4.39 Å². The number of benzene rings is 2. The summed E-state index contributed by atoms with van der Waals surface area (Å²) in [5, 5.41) is 0. The zero-order valence-electron chi connectivity index (χ0n) is 16.7. The first kappa shape index (κ1) is 21.6. The molecule has 1 aliphatic heterocycles. The number of alkyl halides is 3. The van der Waals surface area contributed by atoms with Gasteiger partial charge in [-0.2, -0.15) is 13.2 Å². The van der Waals surface area contributed by atoms with Crippen LogP contribution in [0.5, 0.6) is 5.75 Å². The van der Waals surface area contributed by atoms with Crippen molar-refractivity contribution in [1.29, 1.82) is 0 Å². The molecule has 1 saturated heterocycles. The molecule has 0 amide bonds. The molecule has 0 radical (unpaired) electrons. The van der Waals surface area contributed by atoms with Crippen molar-refractivity contribution in [1.82, 2.24) is 0 Å². The largest absolute Gasteiger partial charge is 0.494 e. The summed E-state index contributed by atoms with van der Waals surface area (Å²) in [5.41, 5.74) is -0.873. The molecular formula is C23H26F4O2. The number of rotatable bonds is 6. The molecule has 2 nitrogen and oxygen atoms in total. The Morgan fingerprint density at radius 2 is 1.76 bits per heavy atom. The molecule has 0 aromatic heterocycles. The minimum Gasteiger partial charge on any atom is -0.494 e. The van der Waals surface area contributed by atoms with E-state index < -0.39 is 23.5 Å². The first-order valence-corrected chi connectivity index (χ1v) is 10.1. The lowest BCUT2D eigenvalue weighted by Gasteiger charge is -2.31. The maximum Gasteiger partial charge on any atom is 0.419 e. The zero-order valence-corrected chi connectivity index (χ0v) is 16.7. The molecule has 0 spiro atoms. The molecule has 158 valence electrons. The Morgan fingerprint density at radius 3 is 2.31 bits per heavy atom. The predicted molar refractivity (Wildman–Crippen MR) is 105 cm³/mol. The average molecular weight is 410 g/mol. The molecular weight excluding hydrogens is 384 g/mol. The fraction of sp³-hybridized carbons (Fsp3) is 0.478. The van der Waals surface area contributed by atoms with Crippen molar-refractivity contribution in [2.24, 2.45) is 0 Å². The standard InChI is InChI=1S/C23H26F4O2/c1-3-5-17-11-8-16(14-29-17)19-12-13-20(22(24)21(19)23(25,26)27)15-6-9-18(10-7-15)28-4-2/h6-7,9-10,12-13,16-17H,3-5,8,11,14H2,1-2H3. The summed E-state index contributed by atoms with van der Waals surface area (Å²) in [6.45, 7) is 4.55. The highest BCUT2D eigenvalue weighted by Gasteiger charge is 2.40. The van der Waals surface area contributed by atoms with Crippen LogP contribution < -0.4 is 4.74 Å². The molecule has 0 bridgehead atoms. The Morgan fingerprint density at radius 1 is 1.03 bits per heavy atom. The first-order valence-electron chi connectivity index (χ1n) is 10.1. The Kier molecular flexibility index (Phi) is 6.83. The van der Waals surface area contributed by atoms with Crippen LogP contribution in [0.2, 0.25) is 0 Å². The molecule has 6 heteroatoms. The molecule has 0 saturated carbocycles. The van der Waals surface area contributed by atoms with E-state index in [1.165, 1.54) is 12.1 Å². The van der Waals surface area contributed by atoms with Crippen LogP contribution >= 0.6 is 0 Å². The van der Waals surface area contributed by atoms with E-state index in [1.807, 2.05) is 13.8 Å². The number of ether oxygens (including phenoxy) is 2. The van der Waals surface area contributed by atoms with E-state index in [0.717, 1.165) is 12.8 Å². The van der Waals surface area contributed by atoms with Gasteiger partial charge in [-0.3, -0.25) is 0 Å². The van der Waals surface area contributed by atoms with Crippen molar-refractivity contribution in [3.63, 3.8) is 0 Å². The van der Waals surface area contributed by atoms with Crippen LogP contribution in [0.15, 0.2) is 36.4 Å². The minimum atomic E-state index is -4.78. The molecule has 1 fully saturated rings. The quantitative estimate of drug-likeness (QED) is 0.479. The second kappa shape index (κ2) is 9.16. The zero-order chi connectivity index (χ0) is 21.0. The normalized spacial score (nSPS) is 19.9. The first-order chi connectivity index (χ1) is 13.8. The summed E-state index contributed by atoms with van der Waals surface area (Å²) in [7, 11) is 0. The highest BCUT2D eigenvalue weighted by molar-refractivity contribution is 5.67. The summed E-state index contributed by atoms with van der Waals surface area (Å²) in [6, 6.07) is 9.24. The van der Waals surface area contributed by atoms with E-state index in [1.54, 1.807) is 24.3 Å². The lowest BCUT2D eigenvalue weighted by molar-refractivity contribution is -0.141. The SMILES string of the molecule is CCCC1CCC(c2ccc(-c3ccc(OCC)cc3)c(F)c2C(F)(F)F)CO1. The van der Waals surface area contributed by atoms with E-state index in [4.69, 9.17) is 9.47 Å². The van der Waals surface area contributed by atoms with Crippen LogP contribution in [0.1, 0.15) is 56.6 Å². The number of hydrogen-bond acceptors (Lipinski definition) is 2. The van der Waals surface area contributed by atoms with Crippen molar-refractivity contribution in [2.75, 3.05) is 13.2 Å². The minimum absolute atomic E-state index is 0.0142. The van der Waals surface area contributed by atoms with Gasteiger partial charge in [-0.1, -0.05) is 37.6 Å². The van der Waals surface area contributed by atoms with Crippen LogP contribution in [0.3, 0.4) is 0 Å². The molecule has 0 aliphatic carbocycles. The summed E-state index contributed by atoms with van der Waals surface area (Å²) in [5.74, 6) is -1.09. The second-order valence-corrected chi connectivity index (χ2v) is 7.36. The number of hydrogen-bond donors (Lipinski definition) is 0. The van der Waals surface area contributed by atoms with Gasteiger partial charge in [0, 0.05) is 11.5 Å². The maximum atomic E-state index is 15.1.